The van der Waals surface area contributed by atoms with Gasteiger partial charge in [0, 0.05) is 6.54 Å². The lowest BCUT2D eigenvalue weighted by Gasteiger charge is -2.27. The molecule has 0 radical (unpaired) electrons. The van der Waals surface area contributed by atoms with Gasteiger partial charge in [-0.1, -0.05) is 13.3 Å². The third-order valence-corrected chi connectivity index (χ3v) is 1.71. The van der Waals surface area contributed by atoms with Crippen molar-refractivity contribution in [1.29, 1.82) is 0 Å². The van der Waals surface area contributed by atoms with Gasteiger partial charge in [0.05, 0.1) is 11.7 Å². The van der Waals surface area contributed by atoms with Crippen LogP contribution in [0.5, 0.6) is 0 Å². The van der Waals surface area contributed by atoms with Crippen LogP contribution in [0.15, 0.2) is 0 Å². The molecule has 1 unspecified atom stereocenters. The molecule has 0 saturated heterocycles. The Kier molecular flexibility index (Phi) is 4.69. The van der Waals surface area contributed by atoms with Crippen LogP contribution >= 0.6 is 0 Å². The quantitative estimate of drug-likeness (QED) is 0.665. The summed E-state index contributed by atoms with van der Waals surface area (Å²) in [5, 5.41) is 0. The summed E-state index contributed by atoms with van der Waals surface area (Å²) in [4.78, 5) is 0. The highest BCUT2D eigenvalue weighted by molar-refractivity contribution is 4.70. The Morgan fingerprint density at radius 2 is 2.00 bits per heavy atom. The highest BCUT2D eigenvalue weighted by Gasteiger charge is 2.18. The Labute approximate surface area is 70.1 Å². The van der Waals surface area contributed by atoms with Crippen LogP contribution in [-0.2, 0) is 4.74 Å². The maximum Gasteiger partial charge on any atom is 0.0751 e. The van der Waals surface area contributed by atoms with Crippen LogP contribution in [0.3, 0.4) is 0 Å². The first-order chi connectivity index (χ1) is 5.02. The van der Waals surface area contributed by atoms with Crippen molar-refractivity contribution >= 4 is 0 Å². The molecule has 0 aromatic carbocycles. The molecule has 2 heteroatoms. The smallest absolute Gasteiger partial charge is 0.0751 e. The van der Waals surface area contributed by atoms with E-state index < -0.39 is 0 Å². The highest BCUT2D eigenvalue weighted by atomic mass is 16.5. The average Bonchev–Trinajstić information content (AvgIpc) is 1.87. The minimum Gasteiger partial charge on any atom is -0.371 e. The molecule has 1 atom stereocenters. The largest absolute Gasteiger partial charge is 0.371 e. The fourth-order valence-electron chi connectivity index (χ4n) is 1.06. The van der Waals surface area contributed by atoms with E-state index in [2.05, 4.69) is 13.8 Å². The fraction of sp³-hybridized carbons (Fsp3) is 1.00. The van der Waals surface area contributed by atoms with Gasteiger partial charge in [0.2, 0.25) is 0 Å². The molecule has 0 spiro atoms. The second-order valence-electron chi connectivity index (χ2n) is 3.68. The summed E-state index contributed by atoms with van der Waals surface area (Å²) < 4.78 is 5.70. The number of ether oxygens (including phenoxy) is 1. The molecule has 2 N–H and O–H groups in total. The maximum absolute atomic E-state index is 5.70. The predicted molar refractivity (Wildman–Crippen MR) is 48.6 cm³/mol. The normalized spacial score (nSPS) is 15.0. The molecular weight excluding hydrogens is 138 g/mol. The zero-order valence-electron chi connectivity index (χ0n) is 8.18. The SMILES string of the molecule is CCCC(C)OC(C)(C)CN. The minimum atomic E-state index is -0.158. The van der Waals surface area contributed by atoms with E-state index in [9.17, 15) is 0 Å². The van der Waals surface area contributed by atoms with Crippen molar-refractivity contribution in [3.8, 4) is 0 Å². The third-order valence-electron chi connectivity index (χ3n) is 1.71. The van der Waals surface area contributed by atoms with E-state index >= 15 is 0 Å². The van der Waals surface area contributed by atoms with Crippen molar-refractivity contribution in [1.82, 2.24) is 0 Å². The van der Waals surface area contributed by atoms with Gasteiger partial charge in [-0.05, 0) is 27.2 Å². The second-order valence-corrected chi connectivity index (χ2v) is 3.68. The summed E-state index contributed by atoms with van der Waals surface area (Å²) in [6.45, 7) is 8.90. The van der Waals surface area contributed by atoms with Crippen LogP contribution < -0.4 is 5.73 Å². The Morgan fingerprint density at radius 3 is 2.36 bits per heavy atom. The minimum absolute atomic E-state index is 0.158. The molecule has 0 aliphatic rings. The summed E-state index contributed by atoms with van der Waals surface area (Å²) in [6.07, 6.45) is 2.61. The van der Waals surface area contributed by atoms with Gasteiger partial charge in [-0.15, -0.1) is 0 Å². The van der Waals surface area contributed by atoms with Gasteiger partial charge in [0.1, 0.15) is 0 Å². The molecular formula is C9H21NO. The van der Waals surface area contributed by atoms with Crippen LogP contribution in [0, 0.1) is 0 Å². The maximum atomic E-state index is 5.70. The number of hydrogen-bond acceptors (Lipinski definition) is 2. The molecule has 0 bridgehead atoms. The zero-order chi connectivity index (χ0) is 8.91. The van der Waals surface area contributed by atoms with Crippen LogP contribution in [0.2, 0.25) is 0 Å². The molecule has 0 rings (SSSR count). The van der Waals surface area contributed by atoms with E-state index in [4.69, 9.17) is 10.5 Å². The Morgan fingerprint density at radius 1 is 1.45 bits per heavy atom. The van der Waals surface area contributed by atoms with E-state index in [0.717, 1.165) is 6.42 Å². The summed E-state index contributed by atoms with van der Waals surface area (Å²) >= 11 is 0. The molecule has 0 aliphatic heterocycles. The molecule has 0 saturated carbocycles. The van der Waals surface area contributed by atoms with Crippen LogP contribution in [0.1, 0.15) is 40.5 Å². The lowest BCUT2D eigenvalue weighted by molar-refractivity contribution is -0.0602. The molecule has 0 heterocycles. The van der Waals surface area contributed by atoms with Crippen molar-refractivity contribution in [3.05, 3.63) is 0 Å². The molecule has 0 amide bonds. The monoisotopic (exact) mass is 159 g/mol. The van der Waals surface area contributed by atoms with E-state index in [1.807, 2.05) is 13.8 Å². The summed E-state index contributed by atoms with van der Waals surface area (Å²) in [5.74, 6) is 0. The predicted octanol–water partition coefficient (Wildman–Crippen LogP) is 1.93. The van der Waals surface area contributed by atoms with Crippen molar-refractivity contribution < 1.29 is 4.74 Å². The highest BCUT2D eigenvalue weighted by Crippen LogP contribution is 2.13. The number of rotatable bonds is 5. The molecule has 0 aromatic rings. The van der Waals surface area contributed by atoms with Crippen molar-refractivity contribution in [2.45, 2.75) is 52.2 Å². The van der Waals surface area contributed by atoms with Crippen molar-refractivity contribution in [2.24, 2.45) is 5.73 Å². The lowest BCUT2D eigenvalue weighted by Crippen LogP contribution is -2.37. The van der Waals surface area contributed by atoms with Crippen molar-refractivity contribution in [3.63, 3.8) is 0 Å². The van der Waals surface area contributed by atoms with Gasteiger partial charge < -0.3 is 10.5 Å². The van der Waals surface area contributed by atoms with E-state index in [1.165, 1.54) is 6.42 Å². The molecule has 0 fully saturated rings. The van der Waals surface area contributed by atoms with Gasteiger partial charge in [-0.25, -0.2) is 0 Å². The topological polar surface area (TPSA) is 35.2 Å². The second kappa shape index (κ2) is 4.73. The average molecular weight is 159 g/mol. The summed E-state index contributed by atoms with van der Waals surface area (Å²) in [5.41, 5.74) is 5.37. The lowest BCUT2D eigenvalue weighted by atomic mass is 10.1. The van der Waals surface area contributed by atoms with Gasteiger partial charge in [0.15, 0.2) is 0 Å². The standard InChI is InChI=1S/C9H21NO/c1-5-6-8(2)11-9(3,4)7-10/h8H,5-7,10H2,1-4H3. The first kappa shape index (κ1) is 10.9. The third kappa shape index (κ3) is 5.22. The summed E-state index contributed by atoms with van der Waals surface area (Å²) in [6, 6.07) is 0. The Bertz CT molecular complexity index is 102. The first-order valence-corrected chi connectivity index (χ1v) is 4.39. The molecule has 11 heavy (non-hydrogen) atoms. The number of nitrogens with two attached hydrogens (primary N) is 1. The van der Waals surface area contributed by atoms with E-state index in [0.29, 0.717) is 12.6 Å². The molecule has 0 aromatic heterocycles. The number of hydrogen-bond donors (Lipinski definition) is 1. The van der Waals surface area contributed by atoms with E-state index in [1.54, 1.807) is 0 Å². The fourth-order valence-corrected chi connectivity index (χ4v) is 1.06. The van der Waals surface area contributed by atoms with Gasteiger partial charge in [-0.2, -0.15) is 0 Å². The molecule has 68 valence electrons. The molecule has 0 aliphatic carbocycles. The zero-order valence-corrected chi connectivity index (χ0v) is 8.18. The van der Waals surface area contributed by atoms with Crippen LogP contribution in [0.4, 0.5) is 0 Å². The van der Waals surface area contributed by atoms with Gasteiger partial charge >= 0.3 is 0 Å². The van der Waals surface area contributed by atoms with Gasteiger partial charge in [-0.3, -0.25) is 0 Å². The first-order valence-electron chi connectivity index (χ1n) is 4.39. The molecule has 2 nitrogen and oxygen atoms in total. The van der Waals surface area contributed by atoms with Crippen LogP contribution in [0.25, 0.3) is 0 Å². The van der Waals surface area contributed by atoms with Gasteiger partial charge in [0.25, 0.3) is 0 Å². The summed E-state index contributed by atoms with van der Waals surface area (Å²) in [7, 11) is 0. The Hall–Kier alpha value is -0.0800. The Balaban J connectivity index is 3.64. The van der Waals surface area contributed by atoms with Crippen LogP contribution in [-0.4, -0.2) is 18.2 Å². The van der Waals surface area contributed by atoms with Crippen molar-refractivity contribution in [2.75, 3.05) is 6.54 Å². The van der Waals surface area contributed by atoms with E-state index in [-0.39, 0.29) is 5.60 Å².